The number of fused-ring (bicyclic) bond motifs is 5. The third-order valence-corrected chi connectivity index (χ3v) is 12.9. The number of hydrogen-bond acceptors (Lipinski definition) is 7. The zero-order valence-corrected chi connectivity index (χ0v) is 31.5. The van der Waals surface area contributed by atoms with Crippen molar-refractivity contribution in [3.05, 3.63) is 180 Å². The van der Waals surface area contributed by atoms with Gasteiger partial charge in [0.05, 0.1) is 22.9 Å². The standard InChI is InChI=1S/C50H38N2O6/c1-2-12-30-15-11-18-36(45(30)54)44-34-25-26-35-43(49(57)52(48(35)56)33-23-21-31(22-24-33)47-51-40-19-9-10-20-41(40)58-47)38(34)27-39-46(55)37(29-13-5-3-6-14-29)28-42(53)50(39,44)32-16-7-4-8-17-32/h2-11,13-25,28,35,38-39,43-44,54H,1,12,26-27H2. The topological polar surface area (TPSA) is 118 Å². The number of anilines is 1. The molecule has 5 aromatic carbocycles. The van der Waals surface area contributed by atoms with Crippen LogP contribution in [0.2, 0.25) is 0 Å². The summed E-state index contributed by atoms with van der Waals surface area (Å²) in [4.78, 5) is 65.7. The zero-order chi connectivity index (χ0) is 39.7. The van der Waals surface area contributed by atoms with E-state index in [1.807, 2.05) is 109 Å². The van der Waals surface area contributed by atoms with Gasteiger partial charge < -0.3 is 9.52 Å². The highest BCUT2D eigenvalue weighted by atomic mass is 16.3. The van der Waals surface area contributed by atoms with E-state index in [9.17, 15) is 14.7 Å². The minimum atomic E-state index is -1.44. The quantitative estimate of drug-likeness (QED) is 0.128. The van der Waals surface area contributed by atoms with Gasteiger partial charge in [-0.1, -0.05) is 109 Å². The third-order valence-electron chi connectivity index (χ3n) is 12.9. The van der Waals surface area contributed by atoms with Crippen molar-refractivity contribution in [3.63, 3.8) is 0 Å². The van der Waals surface area contributed by atoms with E-state index in [-0.39, 0.29) is 42.0 Å². The van der Waals surface area contributed by atoms with Crippen LogP contribution in [0.15, 0.2) is 162 Å². The van der Waals surface area contributed by atoms with Crippen LogP contribution < -0.4 is 4.90 Å². The van der Waals surface area contributed by atoms with Gasteiger partial charge in [-0.2, -0.15) is 0 Å². The van der Waals surface area contributed by atoms with Crippen LogP contribution in [0.4, 0.5) is 5.69 Å². The van der Waals surface area contributed by atoms with Crippen molar-refractivity contribution in [2.24, 2.45) is 23.7 Å². The van der Waals surface area contributed by atoms with Crippen LogP contribution in [-0.2, 0) is 31.0 Å². The molecule has 1 aliphatic heterocycles. The van der Waals surface area contributed by atoms with Crippen molar-refractivity contribution >= 4 is 45.7 Å². The number of benzene rings is 5. The van der Waals surface area contributed by atoms with Gasteiger partial charge in [-0.25, -0.2) is 4.98 Å². The number of carbonyl (C=O) groups is 4. The molecule has 6 unspecified atom stereocenters. The molecular weight excluding hydrogens is 725 g/mol. The van der Waals surface area contributed by atoms with Gasteiger partial charge in [-0.3, -0.25) is 24.1 Å². The summed E-state index contributed by atoms with van der Waals surface area (Å²) in [5.41, 5.74) is 4.63. The Morgan fingerprint density at radius 1 is 0.793 bits per heavy atom. The number of Topliss-reactive ketones (excluding diaryl/α,β-unsaturated/α-hetero) is 1. The molecule has 0 spiro atoms. The first-order chi connectivity index (χ1) is 28.3. The lowest BCUT2D eigenvalue weighted by Crippen LogP contribution is -2.58. The number of imide groups is 1. The molecule has 0 radical (unpaired) electrons. The van der Waals surface area contributed by atoms with Crippen molar-refractivity contribution in [1.82, 2.24) is 4.98 Å². The molecule has 0 bridgehead atoms. The van der Waals surface area contributed by atoms with Crippen LogP contribution in [0.1, 0.15) is 41.0 Å². The van der Waals surface area contributed by atoms with E-state index in [0.717, 1.165) is 11.1 Å². The lowest BCUT2D eigenvalue weighted by atomic mass is 9.44. The van der Waals surface area contributed by atoms with Gasteiger partial charge in [0.1, 0.15) is 11.3 Å². The predicted octanol–water partition coefficient (Wildman–Crippen LogP) is 8.96. The molecule has 4 aliphatic rings. The molecule has 1 N–H and O–H groups in total. The maximum Gasteiger partial charge on any atom is 0.238 e. The number of carbonyl (C=O) groups excluding carboxylic acids is 4. The van der Waals surface area contributed by atoms with Gasteiger partial charge in [0, 0.05) is 28.5 Å². The molecule has 6 atom stereocenters. The number of amides is 2. The summed E-state index contributed by atoms with van der Waals surface area (Å²) < 4.78 is 5.97. The predicted molar refractivity (Wildman–Crippen MR) is 221 cm³/mol. The molecule has 10 rings (SSSR count). The van der Waals surface area contributed by atoms with Crippen LogP contribution in [0, 0.1) is 23.7 Å². The minimum Gasteiger partial charge on any atom is -0.507 e. The van der Waals surface area contributed by atoms with Gasteiger partial charge in [0.25, 0.3) is 0 Å². The molecule has 8 heteroatoms. The van der Waals surface area contributed by atoms with Gasteiger partial charge in [0.2, 0.25) is 17.7 Å². The molecular formula is C50H38N2O6. The Morgan fingerprint density at radius 2 is 1.52 bits per heavy atom. The number of oxazole rings is 1. The average molecular weight is 763 g/mol. The van der Waals surface area contributed by atoms with E-state index in [4.69, 9.17) is 4.42 Å². The summed E-state index contributed by atoms with van der Waals surface area (Å²) >= 11 is 0. The number of aromatic hydroxyl groups is 1. The Bertz CT molecular complexity index is 2710. The summed E-state index contributed by atoms with van der Waals surface area (Å²) in [6.45, 7) is 3.89. The first-order valence-corrected chi connectivity index (χ1v) is 19.7. The van der Waals surface area contributed by atoms with Crippen LogP contribution in [0.5, 0.6) is 5.75 Å². The molecule has 2 heterocycles. The van der Waals surface area contributed by atoms with E-state index in [2.05, 4.69) is 11.6 Å². The number of para-hydroxylation sites is 3. The fourth-order valence-corrected chi connectivity index (χ4v) is 10.4. The highest BCUT2D eigenvalue weighted by Gasteiger charge is 2.66. The summed E-state index contributed by atoms with van der Waals surface area (Å²) in [5, 5.41) is 12.1. The summed E-state index contributed by atoms with van der Waals surface area (Å²) in [6.07, 6.45) is 6.04. The molecule has 8 nitrogen and oxygen atoms in total. The number of allylic oxidation sites excluding steroid dienone is 5. The molecule has 3 aliphatic carbocycles. The molecule has 1 aromatic heterocycles. The summed E-state index contributed by atoms with van der Waals surface area (Å²) in [7, 11) is 0. The molecule has 2 fully saturated rings. The van der Waals surface area contributed by atoms with Crippen molar-refractivity contribution < 1.29 is 28.7 Å². The van der Waals surface area contributed by atoms with Gasteiger partial charge in [-0.15, -0.1) is 6.58 Å². The van der Waals surface area contributed by atoms with Crippen molar-refractivity contribution in [2.45, 2.75) is 30.6 Å². The second kappa shape index (κ2) is 13.6. The fraction of sp³-hybridized carbons (Fsp3) is 0.180. The Kier molecular flexibility index (Phi) is 8.33. The first-order valence-electron chi connectivity index (χ1n) is 19.7. The normalized spacial score (nSPS) is 25.2. The van der Waals surface area contributed by atoms with E-state index in [0.29, 0.717) is 57.0 Å². The molecule has 1 saturated carbocycles. The van der Waals surface area contributed by atoms with Gasteiger partial charge in [-0.05, 0) is 84.3 Å². The zero-order valence-electron chi connectivity index (χ0n) is 31.5. The van der Waals surface area contributed by atoms with Gasteiger partial charge >= 0.3 is 0 Å². The second-order valence-electron chi connectivity index (χ2n) is 15.7. The van der Waals surface area contributed by atoms with Crippen LogP contribution in [0.25, 0.3) is 28.1 Å². The molecule has 1 saturated heterocycles. The third kappa shape index (κ3) is 5.17. The lowest BCUT2D eigenvalue weighted by molar-refractivity contribution is -0.135. The van der Waals surface area contributed by atoms with Crippen molar-refractivity contribution in [2.75, 3.05) is 4.90 Å². The maximum atomic E-state index is 15.3. The Hall–Kier alpha value is -6.93. The fourth-order valence-electron chi connectivity index (χ4n) is 10.4. The number of phenols is 1. The number of aromatic nitrogens is 1. The van der Waals surface area contributed by atoms with Crippen LogP contribution >= 0.6 is 0 Å². The number of hydrogen-bond donors (Lipinski definition) is 1. The average Bonchev–Trinajstić information content (AvgIpc) is 3.81. The Labute approximate surface area is 334 Å². The van der Waals surface area contributed by atoms with Gasteiger partial charge in [0.15, 0.2) is 17.1 Å². The lowest BCUT2D eigenvalue weighted by Gasteiger charge is -2.55. The number of rotatable bonds is 7. The van der Waals surface area contributed by atoms with Crippen molar-refractivity contribution in [1.29, 1.82) is 0 Å². The first kappa shape index (κ1) is 35.5. The minimum absolute atomic E-state index is 0.0256. The highest BCUT2D eigenvalue weighted by molar-refractivity contribution is 6.32. The van der Waals surface area contributed by atoms with E-state index >= 15 is 9.59 Å². The Morgan fingerprint density at radius 3 is 2.26 bits per heavy atom. The van der Waals surface area contributed by atoms with Crippen molar-refractivity contribution in [3.8, 4) is 17.2 Å². The molecule has 284 valence electrons. The second-order valence-corrected chi connectivity index (χ2v) is 15.7. The summed E-state index contributed by atoms with van der Waals surface area (Å²) in [5.74, 6) is -4.38. The maximum absolute atomic E-state index is 15.3. The van der Waals surface area contributed by atoms with Crippen LogP contribution in [-0.4, -0.2) is 33.5 Å². The highest BCUT2D eigenvalue weighted by Crippen LogP contribution is 2.64. The number of nitrogens with zero attached hydrogens (tertiary/aromatic N) is 2. The largest absolute Gasteiger partial charge is 0.507 e. The Balaban J connectivity index is 1.11. The smallest absolute Gasteiger partial charge is 0.238 e. The monoisotopic (exact) mass is 762 g/mol. The van der Waals surface area contributed by atoms with E-state index < -0.39 is 35.0 Å². The summed E-state index contributed by atoms with van der Waals surface area (Å²) in [6, 6.07) is 38.6. The number of phenolic OH excluding ortho intramolecular Hbond substituents is 1. The van der Waals surface area contributed by atoms with E-state index in [1.165, 1.54) is 11.0 Å². The van der Waals surface area contributed by atoms with E-state index in [1.54, 1.807) is 30.3 Å². The SMILES string of the molecule is C=CCc1cccc(C2C3=CCC4C(=O)N(c5ccc(-c6nc7ccccc7o6)cc5)C(=O)C4C3CC3C(=O)C(c4ccccc4)=CC(=O)C32c2ccccc2)c1O. The van der Waals surface area contributed by atoms with Crippen LogP contribution in [0.3, 0.4) is 0 Å². The molecule has 2 amide bonds. The molecule has 58 heavy (non-hydrogen) atoms. The molecule has 6 aromatic rings. The number of ketones is 2.